The maximum atomic E-state index is 13.1. The molecule has 8 unspecified atom stereocenters. The van der Waals surface area contributed by atoms with Gasteiger partial charge in [0.05, 0.1) is 30.5 Å². The number of aliphatic hydroxyl groups is 6. The van der Waals surface area contributed by atoms with Gasteiger partial charge in [0.1, 0.15) is 17.2 Å². The number of hydrogen-bond donors (Lipinski definition) is 11. The topological polar surface area (TPSA) is 202 Å². The van der Waals surface area contributed by atoms with Gasteiger partial charge in [-0.15, -0.1) is 0 Å². The summed E-state index contributed by atoms with van der Waals surface area (Å²) in [5, 5.41) is 85.5. The summed E-state index contributed by atoms with van der Waals surface area (Å²) in [6.45, 7) is 14.8. The summed E-state index contributed by atoms with van der Waals surface area (Å²) in [6, 6.07) is -1.13. The maximum absolute atomic E-state index is 13.1. The number of nitrogens with two attached hydrogens (primary N) is 1. The molecular weight excluding hydrogens is 554 g/mol. The molecule has 0 bridgehead atoms. The minimum atomic E-state index is -2.56. The fraction of sp³-hybridized carbons (Fsp3) is 1.00. The molecule has 0 rings (SSSR count). The van der Waals surface area contributed by atoms with Crippen LogP contribution in [0.2, 0.25) is 0 Å². The maximum Gasteiger partial charge on any atom is 0.142 e. The van der Waals surface area contributed by atoms with Crippen molar-refractivity contribution in [3.05, 3.63) is 0 Å². The van der Waals surface area contributed by atoms with E-state index in [1.807, 2.05) is 46.4 Å². The van der Waals surface area contributed by atoms with Gasteiger partial charge in [0.25, 0.3) is 0 Å². The van der Waals surface area contributed by atoms with Crippen molar-refractivity contribution in [2.45, 2.75) is 102 Å². The molecule has 0 aromatic rings. The minimum absolute atomic E-state index is 0.00976. The van der Waals surface area contributed by atoms with Gasteiger partial charge in [0.15, 0.2) is 0 Å². The van der Waals surface area contributed by atoms with E-state index in [2.05, 4.69) is 21.3 Å². The van der Waals surface area contributed by atoms with Gasteiger partial charge >= 0.3 is 0 Å². The first-order valence-corrected chi connectivity index (χ1v) is 16.3. The second kappa shape index (κ2) is 22.1. The third kappa shape index (κ3) is 12.3. The molecule has 43 heavy (non-hydrogen) atoms. The van der Waals surface area contributed by atoms with Crippen molar-refractivity contribution in [3.8, 4) is 0 Å². The molecule has 0 aliphatic carbocycles. The first-order chi connectivity index (χ1) is 20.2. The van der Waals surface area contributed by atoms with Crippen molar-refractivity contribution in [1.29, 1.82) is 0 Å². The summed E-state index contributed by atoms with van der Waals surface area (Å²) in [5.74, 6) is 0.0307. The predicted octanol–water partition coefficient (Wildman–Crippen LogP) is -2.67. The third-order valence-electron chi connectivity index (χ3n) is 8.27. The zero-order chi connectivity index (χ0) is 33.2. The number of nitrogens with one attached hydrogen (secondary N) is 4. The lowest BCUT2D eigenvalue weighted by Gasteiger charge is -2.58. The highest BCUT2D eigenvalue weighted by atomic mass is 16.4. The molecule has 0 fully saturated rings. The van der Waals surface area contributed by atoms with Gasteiger partial charge in [-0.3, -0.25) is 0 Å². The predicted molar refractivity (Wildman–Crippen MR) is 174 cm³/mol. The van der Waals surface area contributed by atoms with E-state index in [1.165, 1.54) is 0 Å². The van der Waals surface area contributed by atoms with Crippen molar-refractivity contribution in [1.82, 2.24) is 31.1 Å². The standard InChI is InChI=1S/C30H69N7O6/c1-9-13-15-34-27(23(38)18-33-16-14-31)28(42)30(43,26(41)21-37(11-3)12-4)29(35-17-22(5)6,24(39)19-32-10-2)25(40)20-36(7)8/h22-28,32-35,38-43H,9-21,31H2,1-8H3. The van der Waals surface area contributed by atoms with Crippen molar-refractivity contribution in [2.75, 3.05) is 86.1 Å². The van der Waals surface area contributed by atoms with Gasteiger partial charge in [-0.05, 0) is 59.2 Å². The van der Waals surface area contributed by atoms with Gasteiger partial charge in [0.2, 0.25) is 0 Å². The Morgan fingerprint density at radius 2 is 1.42 bits per heavy atom. The summed E-state index contributed by atoms with van der Waals surface area (Å²) < 4.78 is 0. The molecule has 0 aliphatic heterocycles. The van der Waals surface area contributed by atoms with Crippen LogP contribution in [0, 0.1) is 5.92 Å². The fourth-order valence-electron chi connectivity index (χ4n) is 5.68. The molecule has 0 amide bonds. The van der Waals surface area contributed by atoms with Crippen molar-refractivity contribution >= 4 is 0 Å². The Labute approximate surface area is 261 Å². The second-order valence-corrected chi connectivity index (χ2v) is 12.4. The molecule has 13 heteroatoms. The summed E-state index contributed by atoms with van der Waals surface area (Å²) >= 11 is 0. The molecule has 8 atom stereocenters. The SMILES string of the molecule is CCCCNC(C(O)CNCCN)C(O)C(O)(C(O)CN(CC)CC)C(NCC(C)C)(C(O)CNCC)C(O)CN(C)C. The van der Waals surface area contributed by atoms with Crippen LogP contribution in [0.25, 0.3) is 0 Å². The highest BCUT2D eigenvalue weighted by Gasteiger charge is 2.66. The average Bonchev–Trinajstić information content (AvgIpc) is 2.95. The molecule has 0 radical (unpaired) electrons. The van der Waals surface area contributed by atoms with Gasteiger partial charge in [0, 0.05) is 39.3 Å². The van der Waals surface area contributed by atoms with Crippen LogP contribution in [0.4, 0.5) is 0 Å². The monoisotopic (exact) mass is 624 g/mol. The van der Waals surface area contributed by atoms with Crippen LogP contribution in [-0.4, -0.2) is 174 Å². The molecule has 0 aliphatic rings. The van der Waals surface area contributed by atoms with Crippen molar-refractivity contribution in [3.63, 3.8) is 0 Å². The first-order valence-electron chi connectivity index (χ1n) is 16.3. The Hall–Kier alpha value is -0.520. The Kier molecular flexibility index (Phi) is 21.8. The summed E-state index contributed by atoms with van der Waals surface area (Å²) in [4.78, 5) is 3.63. The van der Waals surface area contributed by atoms with Gasteiger partial charge < -0.3 is 67.4 Å². The van der Waals surface area contributed by atoms with E-state index in [1.54, 1.807) is 19.0 Å². The van der Waals surface area contributed by atoms with E-state index in [0.29, 0.717) is 39.3 Å². The van der Waals surface area contributed by atoms with Crippen LogP contribution in [0.15, 0.2) is 0 Å². The largest absolute Gasteiger partial charge is 0.390 e. The van der Waals surface area contributed by atoms with Gasteiger partial charge in [-0.2, -0.15) is 0 Å². The molecule has 260 valence electrons. The fourth-order valence-corrected chi connectivity index (χ4v) is 5.68. The van der Waals surface area contributed by atoms with E-state index in [0.717, 1.165) is 12.8 Å². The quantitative estimate of drug-likeness (QED) is 0.0424. The summed E-state index contributed by atoms with van der Waals surface area (Å²) in [5.41, 5.74) is 1.03. The highest BCUT2D eigenvalue weighted by molar-refractivity contribution is 5.22. The smallest absolute Gasteiger partial charge is 0.142 e. The number of aliphatic hydroxyl groups excluding tert-OH is 5. The molecular formula is C30H69N7O6. The van der Waals surface area contributed by atoms with Crippen LogP contribution in [0.5, 0.6) is 0 Å². The van der Waals surface area contributed by atoms with Crippen LogP contribution in [0.3, 0.4) is 0 Å². The normalized spacial score (nSPS) is 19.7. The van der Waals surface area contributed by atoms with Crippen LogP contribution in [-0.2, 0) is 0 Å². The molecule has 0 saturated heterocycles. The Morgan fingerprint density at radius 3 is 1.91 bits per heavy atom. The van der Waals surface area contributed by atoms with Crippen LogP contribution < -0.4 is 27.0 Å². The lowest BCUT2D eigenvalue weighted by molar-refractivity contribution is -0.253. The van der Waals surface area contributed by atoms with E-state index in [-0.39, 0.29) is 38.6 Å². The Balaban J connectivity index is 7.53. The Bertz CT molecular complexity index is 693. The molecule has 0 heterocycles. The van der Waals surface area contributed by atoms with E-state index in [4.69, 9.17) is 5.73 Å². The molecule has 12 N–H and O–H groups in total. The van der Waals surface area contributed by atoms with E-state index < -0.39 is 47.7 Å². The van der Waals surface area contributed by atoms with E-state index in [9.17, 15) is 30.6 Å². The number of nitrogens with zero attached hydrogens (tertiary/aromatic N) is 2. The van der Waals surface area contributed by atoms with Gasteiger partial charge in [-0.1, -0.05) is 48.0 Å². The first kappa shape index (κ1) is 42.5. The van der Waals surface area contributed by atoms with E-state index >= 15 is 0 Å². The number of likely N-dealkylation sites (N-methyl/N-ethyl adjacent to an activating group) is 3. The van der Waals surface area contributed by atoms with Crippen molar-refractivity contribution in [2.24, 2.45) is 11.7 Å². The average molecular weight is 624 g/mol. The summed E-state index contributed by atoms with van der Waals surface area (Å²) in [6.07, 6.45) is -6.00. The molecule has 0 spiro atoms. The lowest BCUT2D eigenvalue weighted by Crippen LogP contribution is -2.85. The second-order valence-electron chi connectivity index (χ2n) is 12.4. The Morgan fingerprint density at radius 1 is 0.791 bits per heavy atom. The molecule has 0 aromatic carbocycles. The highest BCUT2D eigenvalue weighted by Crippen LogP contribution is 2.39. The number of unbranched alkanes of at least 4 members (excludes halogenated alkanes) is 1. The minimum Gasteiger partial charge on any atom is -0.390 e. The van der Waals surface area contributed by atoms with Crippen molar-refractivity contribution < 1.29 is 30.6 Å². The molecule has 13 nitrogen and oxygen atoms in total. The zero-order valence-corrected chi connectivity index (χ0v) is 28.4. The molecule has 0 saturated carbocycles. The third-order valence-corrected chi connectivity index (χ3v) is 8.27. The molecule has 0 aromatic heterocycles. The number of rotatable bonds is 27. The van der Waals surface area contributed by atoms with Gasteiger partial charge in [-0.25, -0.2) is 0 Å². The number of hydrogen-bond acceptors (Lipinski definition) is 13. The van der Waals surface area contributed by atoms with Crippen LogP contribution >= 0.6 is 0 Å². The summed E-state index contributed by atoms with van der Waals surface area (Å²) in [7, 11) is 3.52. The zero-order valence-electron chi connectivity index (χ0n) is 28.4. The lowest BCUT2D eigenvalue weighted by atomic mass is 9.63. The van der Waals surface area contributed by atoms with Crippen LogP contribution in [0.1, 0.15) is 54.4 Å².